The van der Waals surface area contributed by atoms with E-state index in [2.05, 4.69) is 36.3 Å². The predicted octanol–water partition coefficient (Wildman–Crippen LogP) is 2.57. The smallest absolute Gasteiger partial charge is 0.322 e. The molecule has 0 radical (unpaired) electrons. The predicted molar refractivity (Wildman–Crippen MR) is 118 cm³/mol. The van der Waals surface area contributed by atoms with Crippen LogP contribution < -0.4 is 10.6 Å². The van der Waals surface area contributed by atoms with Crippen LogP contribution in [-0.2, 0) is 10.2 Å². The second-order valence-corrected chi connectivity index (χ2v) is 10.3. The van der Waals surface area contributed by atoms with E-state index >= 15 is 0 Å². The maximum atomic E-state index is 12.9. The number of likely N-dealkylation sites (tertiary alicyclic amines) is 1. The van der Waals surface area contributed by atoms with Crippen LogP contribution >= 0.6 is 0 Å². The Labute approximate surface area is 184 Å². The first kappa shape index (κ1) is 22.1. The van der Waals surface area contributed by atoms with Gasteiger partial charge in [-0.05, 0) is 88.2 Å². The molecule has 3 aliphatic rings. The molecule has 1 aliphatic carbocycles. The number of carbonyl (C=O) groups is 2. The van der Waals surface area contributed by atoms with Crippen molar-refractivity contribution in [1.29, 1.82) is 0 Å². The summed E-state index contributed by atoms with van der Waals surface area (Å²) in [4.78, 5) is 27.3. The maximum absolute atomic E-state index is 12.9. The van der Waals surface area contributed by atoms with Gasteiger partial charge in [-0.15, -0.1) is 0 Å². The number of benzene rings is 1. The maximum Gasteiger partial charge on any atom is 0.322 e. The van der Waals surface area contributed by atoms with E-state index in [1.54, 1.807) is 12.1 Å². The third kappa shape index (κ3) is 3.33. The van der Waals surface area contributed by atoms with E-state index in [9.17, 15) is 19.8 Å². The number of carbonyl (C=O) groups excluding carboxylic acids is 2. The van der Waals surface area contributed by atoms with Crippen LogP contribution in [0.15, 0.2) is 18.2 Å². The molecule has 2 aliphatic heterocycles. The van der Waals surface area contributed by atoms with Gasteiger partial charge < -0.3 is 15.5 Å². The van der Waals surface area contributed by atoms with Gasteiger partial charge in [-0.25, -0.2) is 4.79 Å². The van der Waals surface area contributed by atoms with Crippen LogP contribution in [0.1, 0.15) is 64.0 Å². The van der Waals surface area contributed by atoms with E-state index in [0.29, 0.717) is 31.6 Å². The van der Waals surface area contributed by atoms with Crippen molar-refractivity contribution in [2.45, 2.75) is 82.4 Å². The Morgan fingerprint density at radius 1 is 1.23 bits per heavy atom. The van der Waals surface area contributed by atoms with Crippen molar-refractivity contribution in [3.05, 3.63) is 29.3 Å². The Morgan fingerprint density at radius 2 is 1.97 bits per heavy atom. The van der Waals surface area contributed by atoms with Crippen LogP contribution in [0.2, 0.25) is 0 Å². The van der Waals surface area contributed by atoms with Crippen LogP contribution in [-0.4, -0.2) is 57.3 Å². The molecule has 4 unspecified atom stereocenters. The standard InChI is InChI=1S/C24H35N3O4/c1-15(2)7-11-27-12-10-22(19-13-18(28)6-5-16(19)3)14-23(20(29)25-21(30)26-23)8-9-24(22,31)17(27)4/h5-6,13,15,17,28,31H,7-12,14H2,1-4H3,(H2,25,26,29,30). The summed E-state index contributed by atoms with van der Waals surface area (Å²) in [5.41, 5.74) is -1.02. The zero-order valence-corrected chi connectivity index (χ0v) is 19.0. The highest BCUT2D eigenvalue weighted by molar-refractivity contribution is 6.07. The fourth-order valence-electron chi connectivity index (χ4n) is 6.29. The molecule has 170 valence electrons. The number of aliphatic hydroxyl groups is 1. The highest BCUT2D eigenvalue weighted by Crippen LogP contribution is 2.57. The van der Waals surface area contributed by atoms with Gasteiger partial charge in [-0.3, -0.25) is 15.0 Å². The summed E-state index contributed by atoms with van der Waals surface area (Å²) in [6.45, 7) is 10.2. The van der Waals surface area contributed by atoms with Crippen molar-refractivity contribution in [1.82, 2.24) is 15.5 Å². The van der Waals surface area contributed by atoms with Gasteiger partial charge in [0.25, 0.3) is 5.91 Å². The SMILES string of the molecule is Cc1ccc(O)cc1C12CCN(CCC(C)C)C(C)C1(O)CCC1(C2)NC(=O)NC1=O. The molecule has 31 heavy (non-hydrogen) atoms. The van der Waals surface area contributed by atoms with Crippen molar-refractivity contribution in [3.8, 4) is 5.75 Å². The number of nitrogens with one attached hydrogen (secondary N) is 2. The monoisotopic (exact) mass is 429 g/mol. The molecule has 3 amide bonds. The van der Waals surface area contributed by atoms with Crippen LogP contribution in [0, 0.1) is 12.8 Å². The lowest BCUT2D eigenvalue weighted by Crippen LogP contribution is -2.73. The van der Waals surface area contributed by atoms with Gasteiger partial charge in [0.1, 0.15) is 11.3 Å². The average molecular weight is 430 g/mol. The van der Waals surface area contributed by atoms with Gasteiger partial charge in [0.15, 0.2) is 0 Å². The fraction of sp³-hybridized carbons (Fsp3) is 0.667. The number of hydrogen-bond donors (Lipinski definition) is 4. The number of phenolic OH excluding ortho intramolecular Hbond substituents is 1. The molecule has 4 atom stereocenters. The van der Waals surface area contributed by atoms with Crippen LogP contribution in [0.3, 0.4) is 0 Å². The molecule has 7 heteroatoms. The fourth-order valence-corrected chi connectivity index (χ4v) is 6.29. The molecule has 3 fully saturated rings. The molecule has 2 heterocycles. The lowest BCUT2D eigenvalue weighted by atomic mass is 9.49. The van der Waals surface area contributed by atoms with Gasteiger partial charge in [0, 0.05) is 11.5 Å². The number of urea groups is 1. The summed E-state index contributed by atoms with van der Waals surface area (Å²) in [5.74, 6) is 0.409. The minimum atomic E-state index is -1.08. The first-order valence-electron chi connectivity index (χ1n) is 11.4. The van der Waals surface area contributed by atoms with Crippen molar-refractivity contribution in [3.63, 3.8) is 0 Å². The van der Waals surface area contributed by atoms with Gasteiger partial charge in [-0.2, -0.15) is 0 Å². The zero-order valence-electron chi connectivity index (χ0n) is 19.0. The lowest BCUT2D eigenvalue weighted by Gasteiger charge is -2.63. The Bertz CT molecular complexity index is 903. The molecular weight excluding hydrogens is 394 g/mol. The van der Waals surface area contributed by atoms with Crippen molar-refractivity contribution < 1.29 is 19.8 Å². The van der Waals surface area contributed by atoms with Crippen molar-refractivity contribution in [2.75, 3.05) is 13.1 Å². The van der Waals surface area contributed by atoms with Crippen molar-refractivity contribution >= 4 is 11.9 Å². The summed E-state index contributed by atoms with van der Waals surface area (Å²) in [7, 11) is 0. The number of nitrogens with zero attached hydrogens (tertiary/aromatic N) is 1. The van der Waals surface area contributed by atoms with E-state index in [0.717, 1.165) is 30.6 Å². The molecule has 1 saturated carbocycles. The largest absolute Gasteiger partial charge is 0.508 e. The minimum absolute atomic E-state index is 0.112. The summed E-state index contributed by atoms with van der Waals surface area (Å²) in [6.07, 6.45) is 2.82. The Kier molecular flexibility index (Phi) is 5.33. The number of hydrogen-bond acceptors (Lipinski definition) is 5. The molecule has 2 saturated heterocycles. The third-order valence-corrected chi connectivity index (χ3v) is 8.17. The highest BCUT2D eigenvalue weighted by atomic mass is 16.3. The van der Waals surface area contributed by atoms with Crippen molar-refractivity contribution in [2.24, 2.45) is 5.92 Å². The summed E-state index contributed by atoms with van der Waals surface area (Å²) in [6, 6.07) is 4.67. The zero-order chi connectivity index (χ0) is 22.6. The third-order valence-electron chi connectivity index (χ3n) is 8.17. The van der Waals surface area contributed by atoms with E-state index in [-0.39, 0.29) is 17.7 Å². The highest BCUT2D eigenvalue weighted by Gasteiger charge is 2.66. The van der Waals surface area contributed by atoms with Gasteiger partial charge in [0.05, 0.1) is 5.60 Å². The molecule has 0 aromatic heterocycles. The van der Waals surface area contributed by atoms with E-state index in [4.69, 9.17) is 0 Å². The van der Waals surface area contributed by atoms with Gasteiger partial charge >= 0.3 is 6.03 Å². The Balaban J connectivity index is 1.81. The summed E-state index contributed by atoms with van der Waals surface area (Å²) >= 11 is 0. The van der Waals surface area contributed by atoms with Gasteiger partial charge in [0.2, 0.25) is 0 Å². The molecule has 1 aromatic carbocycles. The molecule has 7 nitrogen and oxygen atoms in total. The van der Waals surface area contributed by atoms with E-state index < -0.39 is 22.6 Å². The number of rotatable bonds is 4. The Morgan fingerprint density at radius 3 is 2.61 bits per heavy atom. The van der Waals surface area contributed by atoms with Crippen LogP contribution in [0.5, 0.6) is 5.75 Å². The second kappa shape index (κ2) is 7.48. The topological polar surface area (TPSA) is 102 Å². The first-order valence-corrected chi connectivity index (χ1v) is 11.4. The summed E-state index contributed by atoms with van der Waals surface area (Å²) in [5, 5.41) is 27.9. The molecule has 4 rings (SSSR count). The second-order valence-electron chi connectivity index (χ2n) is 10.3. The number of imide groups is 1. The summed E-state index contributed by atoms with van der Waals surface area (Å²) < 4.78 is 0. The number of aryl methyl sites for hydroxylation is 1. The number of aromatic hydroxyl groups is 1. The van der Waals surface area contributed by atoms with Gasteiger partial charge in [-0.1, -0.05) is 19.9 Å². The quantitative estimate of drug-likeness (QED) is 0.551. The molecular formula is C24H35N3O4. The molecule has 1 aromatic rings. The van der Waals surface area contributed by atoms with E-state index in [1.165, 1.54) is 0 Å². The van der Waals surface area contributed by atoms with E-state index in [1.807, 2.05) is 13.0 Å². The number of phenols is 1. The first-order chi connectivity index (χ1) is 14.5. The number of fused-ring (bicyclic) bond motifs is 1. The Hall–Kier alpha value is -2.12. The lowest BCUT2D eigenvalue weighted by molar-refractivity contribution is -0.170. The number of piperidine rings is 1. The normalized spacial score (nSPS) is 35.9. The van der Waals surface area contributed by atoms with Crippen LogP contribution in [0.25, 0.3) is 0 Å². The minimum Gasteiger partial charge on any atom is -0.508 e. The molecule has 0 bridgehead atoms. The van der Waals surface area contributed by atoms with Crippen LogP contribution in [0.4, 0.5) is 4.79 Å². The molecule has 4 N–H and O–H groups in total. The molecule has 1 spiro atoms. The average Bonchev–Trinajstić information content (AvgIpc) is 2.97. The number of amides is 3.